The topological polar surface area (TPSA) is 60.6 Å². The predicted molar refractivity (Wildman–Crippen MR) is 78.5 cm³/mol. The van der Waals surface area contributed by atoms with Gasteiger partial charge in [-0.2, -0.15) is 10.2 Å². The molecule has 0 amide bonds. The minimum absolute atomic E-state index is 0.180. The number of hydrogen-bond acceptors (Lipinski definition) is 4. The molecule has 1 N–H and O–H groups in total. The van der Waals surface area contributed by atoms with Crippen molar-refractivity contribution in [1.29, 1.82) is 0 Å². The zero-order valence-corrected chi connectivity index (χ0v) is 12.1. The summed E-state index contributed by atoms with van der Waals surface area (Å²) in [7, 11) is 3.83. The Labute approximate surface area is 117 Å². The maximum Gasteiger partial charge on any atom is 0.157 e. The van der Waals surface area contributed by atoms with Gasteiger partial charge in [0, 0.05) is 31.2 Å². The fourth-order valence-electron chi connectivity index (χ4n) is 2.38. The van der Waals surface area contributed by atoms with Crippen LogP contribution < -0.4 is 5.32 Å². The van der Waals surface area contributed by atoms with Crippen LogP contribution in [-0.2, 0) is 14.1 Å². The summed E-state index contributed by atoms with van der Waals surface area (Å²) in [5.41, 5.74) is 4.04. The summed E-state index contributed by atoms with van der Waals surface area (Å²) in [4.78, 5) is 4.47. The molecule has 0 saturated carbocycles. The molecular weight excluding hydrogens is 252 g/mol. The Morgan fingerprint density at radius 2 is 2.05 bits per heavy atom. The summed E-state index contributed by atoms with van der Waals surface area (Å²) in [6.07, 6.45) is 5.73. The SMILES string of the molecule is Cc1nn(C)c2ncc(NC(C)c3cnn(C)c3)cc12. The van der Waals surface area contributed by atoms with Crippen LogP contribution in [0.2, 0.25) is 0 Å². The Hall–Kier alpha value is -2.37. The largest absolute Gasteiger partial charge is 0.377 e. The summed E-state index contributed by atoms with van der Waals surface area (Å²) >= 11 is 0. The van der Waals surface area contributed by atoms with Crippen molar-refractivity contribution < 1.29 is 0 Å². The summed E-state index contributed by atoms with van der Waals surface area (Å²) in [5, 5.41) is 13.1. The smallest absolute Gasteiger partial charge is 0.157 e. The Balaban J connectivity index is 1.89. The molecule has 0 aliphatic rings. The van der Waals surface area contributed by atoms with Gasteiger partial charge in [-0.05, 0) is 19.9 Å². The molecule has 3 aromatic rings. The molecule has 0 aromatic carbocycles. The lowest BCUT2D eigenvalue weighted by molar-refractivity contribution is 0.765. The van der Waals surface area contributed by atoms with Gasteiger partial charge in [-0.25, -0.2) is 4.98 Å². The van der Waals surface area contributed by atoms with E-state index in [9.17, 15) is 0 Å². The van der Waals surface area contributed by atoms with Gasteiger partial charge in [-0.3, -0.25) is 9.36 Å². The molecule has 0 aliphatic carbocycles. The molecular formula is C14H18N6. The first-order chi connectivity index (χ1) is 9.54. The summed E-state index contributed by atoms with van der Waals surface area (Å²) < 4.78 is 3.61. The van der Waals surface area contributed by atoms with Crippen LogP contribution >= 0.6 is 0 Å². The molecule has 0 fully saturated rings. The van der Waals surface area contributed by atoms with E-state index in [-0.39, 0.29) is 6.04 Å². The van der Waals surface area contributed by atoms with Gasteiger partial charge in [0.1, 0.15) is 0 Å². The van der Waals surface area contributed by atoms with E-state index in [4.69, 9.17) is 0 Å². The van der Waals surface area contributed by atoms with Crippen LogP contribution in [0.1, 0.15) is 24.2 Å². The van der Waals surface area contributed by atoms with E-state index in [1.54, 1.807) is 9.36 Å². The van der Waals surface area contributed by atoms with Crippen molar-refractivity contribution in [2.45, 2.75) is 19.9 Å². The summed E-state index contributed by atoms with van der Waals surface area (Å²) in [6.45, 7) is 4.11. The molecule has 3 heterocycles. The van der Waals surface area contributed by atoms with Crippen molar-refractivity contribution >= 4 is 16.7 Å². The van der Waals surface area contributed by atoms with Crippen molar-refractivity contribution in [3.05, 3.63) is 35.9 Å². The van der Waals surface area contributed by atoms with E-state index in [1.165, 1.54) is 0 Å². The normalized spacial score (nSPS) is 12.8. The van der Waals surface area contributed by atoms with Gasteiger partial charge in [0.15, 0.2) is 5.65 Å². The molecule has 6 nitrogen and oxygen atoms in total. The van der Waals surface area contributed by atoms with E-state index in [1.807, 2.05) is 39.6 Å². The van der Waals surface area contributed by atoms with E-state index in [2.05, 4.69) is 33.5 Å². The van der Waals surface area contributed by atoms with Gasteiger partial charge in [0.25, 0.3) is 0 Å². The molecule has 0 bridgehead atoms. The molecule has 0 saturated heterocycles. The van der Waals surface area contributed by atoms with E-state index in [0.717, 1.165) is 28.0 Å². The Morgan fingerprint density at radius 1 is 1.25 bits per heavy atom. The van der Waals surface area contributed by atoms with Gasteiger partial charge >= 0.3 is 0 Å². The highest BCUT2D eigenvalue weighted by Crippen LogP contribution is 2.23. The first-order valence-electron chi connectivity index (χ1n) is 6.59. The average molecular weight is 270 g/mol. The van der Waals surface area contributed by atoms with Crippen molar-refractivity contribution in [2.24, 2.45) is 14.1 Å². The molecule has 6 heteroatoms. The highest BCUT2D eigenvalue weighted by atomic mass is 15.3. The number of pyridine rings is 1. The lowest BCUT2D eigenvalue weighted by Crippen LogP contribution is -2.06. The third-order valence-corrected chi connectivity index (χ3v) is 3.47. The van der Waals surface area contributed by atoms with Crippen LogP contribution in [0.5, 0.6) is 0 Å². The number of aromatic nitrogens is 5. The van der Waals surface area contributed by atoms with Gasteiger partial charge in [0.2, 0.25) is 0 Å². The van der Waals surface area contributed by atoms with Crippen LogP contribution in [0.25, 0.3) is 11.0 Å². The van der Waals surface area contributed by atoms with Crippen LogP contribution in [0.15, 0.2) is 24.7 Å². The Morgan fingerprint density at radius 3 is 2.75 bits per heavy atom. The quantitative estimate of drug-likeness (QED) is 0.792. The lowest BCUT2D eigenvalue weighted by Gasteiger charge is -2.13. The van der Waals surface area contributed by atoms with Crippen LogP contribution in [0.4, 0.5) is 5.69 Å². The second kappa shape index (κ2) is 4.63. The minimum Gasteiger partial charge on any atom is -0.377 e. The molecule has 1 unspecified atom stereocenters. The third kappa shape index (κ3) is 2.13. The minimum atomic E-state index is 0.180. The third-order valence-electron chi connectivity index (χ3n) is 3.47. The van der Waals surface area contributed by atoms with Gasteiger partial charge in [0.05, 0.1) is 29.8 Å². The van der Waals surface area contributed by atoms with Gasteiger partial charge < -0.3 is 5.32 Å². The monoisotopic (exact) mass is 270 g/mol. The molecule has 0 aliphatic heterocycles. The average Bonchev–Trinajstić information content (AvgIpc) is 2.95. The number of aryl methyl sites for hydroxylation is 3. The highest BCUT2D eigenvalue weighted by molar-refractivity contribution is 5.81. The highest BCUT2D eigenvalue weighted by Gasteiger charge is 2.10. The lowest BCUT2D eigenvalue weighted by atomic mass is 10.2. The first kappa shape index (κ1) is 12.7. The number of rotatable bonds is 3. The number of nitrogens with zero attached hydrogens (tertiary/aromatic N) is 5. The van der Waals surface area contributed by atoms with E-state index < -0.39 is 0 Å². The van der Waals surface area contributed by atoms with Crippen molar-refractivity contribution in [3.63, 3.8) is 0 Å². The Bertz CT molecular complexity index is 754. The standard InChI is InChI=1S/C14H18N6/c1-9(11-6-16-19(3)8-11)17-12-5-13-10(2)18-20(4)14(13)15-7-12/h5-9,17H,1-4H3. The predicted octanol–water partition coefficient (Wildman–Crippen LogP) is 2.18. The maximum atomic E-state index is 4.47. The summed E-state index contributed by atoms with van der Waals surface area (Å²) in [5.74, 6) is 0. The van der Waals surface area contributed by atoms with Crippen molar-refractivity contribution in [3.8, 4) is 0 Å². The zero-order valence-electron chi connectivity index (χ0n) is 12.1. The number of fused-ring (bicyclic) bond motifs is 1. The van der Waals surface area contributed by atoms with Crippen molar-refractivity contribution in [1.82, 2.24) is 24.5 Å². The molecule has 20 heavy (non-hydrogen) atoms. The fraction of sp³-hybridized carbons (Fsp3) is 0.357. The molecule has 0 spiro atoms. The first-order valence-corrected chi connectivity index (χ1v) is 6.59. The second-order valence-corrected chi connectivity index (χ2v) is 5.12. The zero-order chi connectivity index (χ0) is 14.3. The number of anilines is 1. The van der Waals surface area contributed by atoms with Crippen LogP contribution in [0, 0.1) is 6.92 Å². The molecule has 3 rings (SSSR count). The van der Waals surface area contributed by atoms with Crippen LogP contribution in [-0.4, -0.2) is 24.5 Å². The molecule has 3 aromatic heterocycles. The van der Waals surface area contributed by atoms with E-state index >= 15 is 0 Å². The number of nitrogens with one attached hydrogen (secondary N) is 1. The molecule has 0 radical (unpaired) electrons. The van der Waals surface area contributed by atoms with Crippen molar-refractivity contribution in [2.75, 3.05) is 5.32 Å². The maximum absolute atomic E-state index is 4.47. The second-order valence-electron chi connectivity index (χ2n) is 5.12. The fourth-order valence-corrected chi connectivity index (χ4v) is 2.38. The number of hydrogen-bond donors (Lipinski definition) is 1. The van der Waals surface area contributed by atoms with E-state index in [0.29, 0.717) is 0 Å². The van der Waals surface area contributed by atoms with Gasteiger partial charge in [-0.15, -0.1) is 0 Å². The van der Waals surface area contributed by atoms with Gasteiger partial charge in [-0.1, -0.05) is 0 Å². The Kier molecular flexibility index (Phi) is 2.93. The van der Waals surface area contributed by atoms with Crippen LogP contribution in [0.3, 0.4) is 0 Å². The molecule has 1 atom stereocenters. The molecule has 104 valence electrons. The summed E-state index contributed by atoms with van der Waals surface area (Å²) in [6, 6.07) is 2.28.